The molecule has 8 heteroatoms. The second-order valence-electron chi connectivity index (χ2n) is 3.95. The average Bonchev–Trinajstić information content (AvgIpc) is 2.97. The molecular weight excluding hydrogens is 362 g/mol. The van der Waals surface area contributed by atoms with Crippen LogP contribution in [0.3, 0.4) is 0 Å². The molecule has 20 heavy (non-hydrogen) atoms. The van der Waals surface area contributed by atoms with Crippen LogP contribution in [0.2, 0.25) is 0 Å². The van der Waals surface area contributed by atoms with E-state index in [9.17, 15) is 4.79 Å². The molecule has 104 valence electrons. The normalized spacial score (nSPS) is 10.4. The number of aryl methyl sites for hydroxylation is 1. The minimum atomic E-state index is -0.789. The summed E-state index contributed by atoms with van der Waals surface area (Å²) in [4.78, 5) is 21.2. The Morgan fingerprint density at radius 3 is 2.70 bits per heavy atom. The van der Waals surface area contributed by atoms with Crippen LogP contribution in [0.4, 0.5) is 0 Å². The van der Waals surface area contributed by atoms with Gasteiger partial charge in [-0.15, -0.1) is 11.3 Å². The molecule has 0 bridgehead atoms. The van der Waals surface area contributed by atoms with E-state index in [0.29, 0.717) is 6.54 Å². The van der Waals surface area contributed by atoms with Crippen molar-refractivity contribution in [1.82, 2.24) is 9.97 Å². The Bertz CT molecular complexity index is 695. The van der Waals surface area contributed by atoms with Gasteiger partial charge in [0.25, 0.3) is 0 Å². The van der Waals surface area contributed by atoms with Crippen LogP contribution < -0.4 is 21.5 Å². The highest BCUT2D eigenvalue weighted by molar-refractivity contribution is 7.27. The smallest absolute Gasteiger partial charge is 0.309 e. The molecule has 0 radical (unpaired) electrons. The van der Waals surface area contributed by atoms with E-state index in [2.05, 4.69) is 9.97 Å². The molecule has 0 aromatic carbocycles. The Morgan fingerprint density at radius 1 is 1.30 bits per heavy atom. The molecule has 0 atom stereocenters. The molecule has 0 amide bonds. The van der Waals surface area contributed by atoms with Gasteiger partial charge < -0.3 is 22.1 Å². The van der Waals surface area contributed by atoms with Gasteiger partial charge in [0.2, 0.25) is 0 Å². The molecule has 0 aliphatic carbocycles. The number of halogens is 1. The minimum Gasteiger partial charge on any atom is -1.00 e. The number of fused-ring (bicyclic) bond motifs is 1. The van der Waals surface area contributed by atoms with Crippen molar-refractivity contribution < 1.29 is 31.4 Å². The summed E-state index contributed by atoms with van der Waals surface area (Å²) in [5.41, 5.74) is 2.82. The fourth-order valence-electron chi connectivity index (χ4n) is 1.68. The van der Waals surface area contributed by atoms with Gasteiger partial charge in [0.05, 0.1) is 5.51 Å². The Morgan fingerprint density at radius 2 is 2.05 bits per heavy atom. The van der Waals surface area contributed by atoms with Gasteiger partial charge in [-0.25, -0.2) is 14.5 Å². The summed E-state index contributed by atoms with van der Waals surface area (Å²) in [6.07, 6.45) is 3.88. The molecular formula is C12H10BrN3O2S2. The number of pyridine rings is 1. The molecule has 3 aromatic rings. The number of carboxylic acid groups (broad SMARTS) is 1. The highest BCUT2D eigenvalue weighted by atomic mass is 79.9. The molecule has 3 aromatic heterocycles. The molecule has 3 rings (SSSR count). The zero-order valence-electron chi connectivity index (χ0n) is 10.2. The van der Waals surface area contributed by atoms with E-state index < -0.39 is 5.97 Å². The summed E-state index contributed by atoms with van der Waals surface area (Å²) in [6, 6.07) is 3.90. The Hall–Kier alpha value is -1.38. The summed E-state index contributed by atoms with van der Waals surface area (Å²) in [7, 11) is 0. The third-order valence-corrected chi connectivity index (χ3v) is 4.50. The molecule has 0 aliphatic rings. The van der Waals surface area contributed by atoms with Crippen molar-refractivity contribution >= 4 is 38.3 Å². The summed E-state index contributed by atoms with van der Waals surface area (Å²) in [5, 5.41) is 9.58. The van der Waals surface area contributed by atoms with E-state index in [1.165, 1.54) is 11.3 Å². The molecule has 0 spiro atoms. The van der Waals surface area contributed by atoms with Crippen molar-refractivity contribution in [3.8, 4) is 10.6 Å². The minimum absolute atomic E-state index is 0. The number of thiazole rings is 2. The van der Waals surface area contributed by atoms with E-state index in [0.717, 1.165) is 20.2 Å². The molecule has 0 aliphatic heterocycles. The summed E-state index contributed by atoms with van der Waals surface area (Å²) in [5.74, 6) is -0.789. The topological polar surface area (TPSA) is 67.0 Å². The zero-order valence-corrected chi connectivity index (χ0v) is 13.4. The van der Waals surface area contributed by atoms with Crippen LogP contribution in [0.5, 0.6) is 0 Å². The lowest BCUT2D eigenvalue weighted by molar-refractivity contribution is -0.695. The number of carboxylic acids is 1. The first kappa shape index (κ1) is 15.0. The Labute approximate surface area is 133 Å². The highest BCUT2D eigenvalue weighted by Gasteiger charge is 2.10. The molecule has 0 fully saturated rings. The van der Waals surface area contributed by atoms with Gasteiger partial charge in [-0.3, -0.25) is 4.79 Å². The first-order valence-corrected chi connectivity index (χ1v) is 7.33. The van der Waals surface area contributed by atoms with Gasteiger partial charge >= 0.3 is 5.97 Å². The van der Waals surface area contributed by atoms with Crippen LogP contribution in [0.1, 0.15) is 6.42 Å². The van der Waals surface area contributed by atoms with Crippen molar-refractivity contribution in [3.63, 3.8) is 0 Å². The fraction of sp³-hybridized carbons (Fsp3) is 0.167. The van der Waals surface area contributed by atoms with Crippen molar-refractivity contribution in [1.29, 1.82) is 0 Å². The zero-order chi connectivity index (χ0) is 13.2. The highest BCUT2D eigenvalue weighted by Crippen LogP contribution is 2.30. The molecule has 1 N–H and O–H groups in total. The van der Waals surface area contributed by atoms with Crippen molar-refractivity contribution in [2.75, 3.05) is 0 Å². The SMILES string of the molecule is O=C(O)CC[n+]1ccc(-c2nc3scnc3s2)cc1.[Br-]. The van der Waals surface area contributed by atoms with Gasteiger partial charge in [0.15, 0.2) is 28.6 Å². The quantitative estimate of drug-likeness (QED) is 0.609. The van der Waals surface area contributed by atoms with Gasteiger partial charge in [0, 0.05) is 17.7 Å². The molecule has 0 saturated heterocycles. The maximum Gasteiger partial charge on any atom is 0.309 e. The molecule has 5 nitrogen and oxygen atoms in total. The third kappa shape index (κ3) is 3.20. The van der Waals surface area contributed by atoms with Crippen LogP contribution >= 0.6 is 22.7 Å². The van der Waals surface area contributed by atoms with E-state index in [-0.39, 0.29) is 23.4 Å². The lowest BCUT2D eigenvalue weighted by Gasteiger charge is -1.96. The molecule has 0 saturated carbocycles. The number of hydrogen-bond donors (Lipinski definition) is 1. The molecule has 0 unspecified atom stereocenters. The second-order valence-corrected chi connectivity index (χ2v) is 5.76. The summed E-state index contributed by atoms with van der Waals surface area (Å²) >= 11 is 3.10. The first-order valence-electron chi connectivity index (χ1n) is 5.64. The van der Waals surface area contributed by atoms with Crippen LogP contribution in [0, 0.1) is 0 Å². The predicted molar refractivity (Wildman–Crippen MR) is 73.2 cm³/mol. The summed E-state index contributed by atoms with van der Waals surface area (Å²) in [6.45, 7) is 0.476. The van der Waals surface area contributed by atoms with Crippen molar-refractivity contribution in [2.45, 2.75) is 13.0 Å². The Kier molecular flexibility index (Phi) is 4.79. The van der Waals surface area contributed by atoms with Crippen molar-refractivity contribution in [3.05, 3.63) is 30.0 Å². The van der Waals surface area contributed by atoms with Gasteiger partial charge in [0.1, 0.15) is 11.4 Å². The van der Waals surface area contributed by atoms with Crippen LogP contribution in [-0.2, 0) is 11.3 Å². The fourth-order valence-corrected chi connectivity index (χ4v) is 3.44. The number of rotatable bonds is 4. The van der Waals surface area contributed by atoms with E-state index in [1.807, 2.05) is 29.1 Å². The van der Waals surface area contributed by atoms with Gasteiger partial charge in [-0.2, -0.15) is 0 Å². The predicted octanol–water partition coefficient (Wildman–Crippen LogP) is -0.814. The lowest BCUT2D eigenvalue weighted by atomic mass is 10.3. The van der Waals surface area contributed by atoms with Crippen LogP contribution in [-0.4, -0.2) is 21.0 Å². The largest absolute Gasteiger partial charge is 1.00 e. The van der Waals surface area contributed by atoms with E-state index in [1.54, 1.807) is 16.8 Å². The standard InChI is InChI=1S/C12H9N3O2S2.BrH/c16-9(17)3-6-15-4-1-8(2-5-15)10-14-12-11(19-10)13-7-18-12;/h1-2,4-5,7H,3,6H2;1H. The second kappa shape index (κ2) is 6.38. The maximum atomic E-state index is 10.5. The number of aromatic nitrogens is 3. The monoisotopic (exact) mass is 371 g/mol. The number of hydrogen-bond acceptors (Lipinski definition) is 5. The van der Waals surface area contributed by atoms with Crippen LogP contribution in [0.25, 0.3) is 20.2 Å². The third-order valence-electron chi connectivity index (χ3n) is 2.64. The average molecular weight is 372 g/mol. The van der Waals surface area contributed by atoms with Crippen molar-refractivity contribution in [2.24, 2.45) is 0 Å². The van der Waals surface area contributed by atoms with Crippen LogP contribution in [0.15, 0.2) is 30.0 Å². The van der Waals surface area contributed by atoms with E-state index in [4.69, 9.17) is 5.11 Å². The van der Waals surface area contributed by atoms with E-state index >= 15 is 0 Å². The van der Waals surface area contributed by atoms with Gasteiger partial charge in [-0.05, 0) is 0 Å². The summed E-state index contributed by atoms with van der Waals surface area (Å²) < 4.78 is 1.85. The number of aliphatic carboxylic acids is 1. The molecule has 3 heterocycles. The Balaban J connectivity index is 0.00000147. The van der Waals surface area contributed by atoms with Gasteiger partial charge in [-0.1, -0.05) is 11.3 Å². The maximum absolute atomic E-state index is 10.5. The first-order chi connectivity index (χ1) is 9.22. The number of carbonyl (C=O) groups is 1. The number of nitrogens with zero attached hydrogens (tertiary/aromatic N) is 3. The lowest BCUT2D eigenvalue weighted by Crippen LogP contribution is -3.00.